The van der Waals surface area contributed by atoms with Crippen molar-refractivity contribution in [2.24, 2.45) is 11.8 Å². The van der Waals surface area contributed by atoms with Crippen LogP contribution in [0.4, 0.5) is 0 Å². The Morgan fingerprint density at radius 3 is 2.25 bits per heavy atom. The monoisotopic (exact) mass is 271 g/mol. The summed E-state index contributed by atoms with van der Waals surface area (Å²) in [4.78, 5) is 25.3. The average molecular weight is 271 g/mol. The van der Waals surface area contributed by atoms with Crippen LogP contribution >= 0.6 is 0 Å². The molecule has 2 unspecified atom stereocenters. The smallest absolute Gasteiger partial charge is 0.335 e. The zero-order chi connectivity index (χ0) is 14.1. The van der Waals surface area contributed by atoms with Crippen molar-refractivity contribution in [3.63, 3.8) is 0 Å². The van der Waals surface area contributed by atoms with Crippen molar-refractivity contribution >= 4 is 11.9 Å². The predicted octanol–water partition coefficient (Wildman–Crippen LogP) is 2.42. The van der Waals surface area contributed by atoms with Gasteiger partial charge in [-0.1, -0.05) is 18.2 Å². The number of aromatic carboxylic acids is 1. The van der Waals surface area contributed by atoms with Gasteiger partial charge in [-0.15, -0.1) is 0 Å². The quantitative estimate of drug-likeness (QED) is 0.840. The van der Waals surface area contributed by atoms with Crippen LogP contribution in [0.25, 0.3) is 0 Å². The Bertz CT molecular complexity index is 563. The van der Waals surface area contributed by atoms with E-state index in [1.807, 2.05) is 4.90 Å². The maximum absolute atomic E-state index is 12.5. The first kappa shape index (κ1) is 12.9. The van der Waals surface area contributed by atoms with Gasteiger partial charge in [0.2, 0.25) is 0 Å². The van der Waals surface area contributed by atoms with Crippen LogP contribution in [0.1, 0.15) is 33.6 Å². The maximum atomic E-state index is 12.5. The molecule has 2 aliphatic rings. The molecule has 104 valence electrons. The summed E-state index contributed by atoms with van der Waals surface area (Å²) in [5.41, 5.74) is 0.630. The molecule has 1 heterocycles. The minimum absolute atomic E-state index is 0.0532. The predicted molar refractivity (Wildman–Crippen MR) is 74.7 cm³/mol. The Labute approximate surface area is 117 Å². The molecule has 1 aliphatic heterocycles. The number of carbonyl (C=O) groups is 2. The minimum atomic E-state index is -1.00. The molecule has 4 nitrogen and oxygen atoms in total. The average Bonchev–Trinajstić information content (AvgIpc) is 2.90. The van der Waals surface area contributed by atoms with Crippen molar-refractivity contribution in [1.29, 1.82) is 0 Å². The number of carboxylic acid groups (broad SMARTS) is 1. The Morgan fingerprint density at radius 1 is 1.05 bits per heavy atom. The number of benzene rings is 1. The molecule has 1 N–H and O–H groups in total. The van der Waals surface area contributed by atoms with E-state index in [1.54, 1.807) is 12.1 Å². The van der Waals surface area contributed by atoms with E-state index in [0.29, 0.717) is 17.4 Å². The third-order valence-electron chi connectivity index (χ3n) is 4.26. The van der Waals surface area contributed by atoms with E-state index in [0.717, 1.165) is 25.9 Å². The van der Waals surface area contributed by atoms with Crippen molar-refractivity contribution in [2.75, 3.05) is 13.1 Å². The number of hydrogen-bond donors (Lipinski definition) is 1. The van der Waals surface area contributed by atoms with Crippen LogP contribution in [0.15, 0.2) is 36.4 Å². The molecule has 0 spiro atoms. The first-order chi connectivity index (χ1) is 9.65. The first-order valence-corrected chi connectivity index (χ1v) is 6.93. The summed E-state index contributed by atoms with van der Waals surface area (Å²) in [7, 11) is 0. The fourth-order valence-corrected chi connectivity index (χ4v) is 3.15. The molecule has 1 aliphatic carbocycles. The molecule has 4 heteroatoms. The number of carbonyl (C=O) groups excluding carboxylic acids is 1. The molecule has 1 aromatic carbocycles. The van der Waals surface area contributed by atoms with Crippen LogP contribution in [0.2, 0.25) is 0 Å². The Kier molecular flexibility index (Phi) is 3.30. The first-order valence-electron chi connectivity index (χ1n) is 6.93. The van der Waals surface area contributed by atoms with E-state index in [9.17, 15) is 9.59 Å². The van der Waals surface area contributed by atoms with E-state index in [1.165, 1.54) is 12.1 Å². The molecule has 2 atom stereocenters. The molecule has 0 aromatic heterocycles. The number of fused-ring (bicyclic) bond motifs is 1. The zero-order valence-electron chi connectivity index (χ0n) is 11.2. The highest BCUT2D eigenvalue weighted by atomic mass is 16.4. The molecule has 1 aromatic rings. The van der Waals surface area contributed by atoms with Crippen molar-refractivity contribution in [1.82, 2.24) is 4.90 Å². The minimum Gasteiger partial charge on any atom is -0.478 e. The lowest BCUT2D eigenvalue weighted by Crippen LogP contribution is -2.29. The lowest BCUT2D eigenvalue weighted by molar-refractivity contribution is 0.0697. The van der Waals surface area contributed by atoms with Crippen molar-refractivity contribution in [3.05, 3.63) is 47.5 Å². The molecular formula is C16H17NO3. The lowest BCUT2D eigenvalue weighted by Gasteiger charge is -2.17. The third kappa shape index (κ3) is 2.33. The molecule has 0 bridgehead atoms. The fourth-order valence-electron chi connectivity index (χ4n) is 3.15. The Hall–Kier alpha value is -2.10. The standard InChI is InChI=1S/C16H17NO3/c18-15(11-6-3-7-12(8-11)16(19)20)17-9-13-4-1-2-5-14(13)10-17/h1-3,6-8,13-14H,4-5,9-10H2,(H,19,20). The van der Waals surface area contributed by atoms with Crippen LogP contribution in [-0.4, -0.2) is 35.0 Å². The van der Waals surface area contributed by atoms with Crippen LogP contribution < -0.4 is 0 Å². The van der Waals surface area contributed by atoms with Crippen LogP contribution in [-0.2, 0) is 0 Å². The highest BCUT2D eigenvalue weighted by Crippen LogP contribution is 2.33. The lowest BCUT2D eigenvalue weighted by atomic mass is 9.86. The second-order valence-corrected chi connectivity index (χ2v) is 5.56. The molecule has 1 amide bonds. The normalized spacial score (nSPS) is 24.5. The summed E-state index contributed by atoms with van der Waals surface area (Å²) in [6, 6.07) is 6.29. The number of hydrogen-bond acceptors (Lipinski definition) is 2. The third-order valence-corrected chi connectivity index (χ3v) is 4.26. The summed E-state index contributed by atoms with van der Waals surface area (Å²) in [5, 5.41) is 8.99. The summed E-state index contributed by atoms with van der Waals surface area (Å²) < 4.78 is 0. The van der Waals surface area contributed by atoms with Crippen molar-refractivity contribution in [2.45, 2.75) is 12.8 Å². The van der Waals surface area contributed by atoms with E-state index < -0.39 is 5.97 Å². The molecule has 1 saturated heterocycles. The summed E-state index contributed by atoms with van der Waals surface area (Å²) in [6.45, 7) is 1.57. The second kappa shape index (κ2) is 5.12. The number of amides is 1. The zero-order valence-corrected chi connectivity index (χ0v) is 11.2. The molecule has 1 fully saturated rings. The van der Waals surface area contributed by atoms with Gasteiger partial charge in [-0.2, -0.15) is 0 Å². The topological polar surface area (TPSA) is 57.6 Å². The van der Waals surface area contributed by atoms with Gasteiger partial charge in [0.15, 0.2) is 0 Å². The molecule has 20 heavy (non-hydrogen) atoms. The maximum Gasteiger partial charge on any atom is 0.335 e. The largest absolute Gasteiger partial charge is 0.478 e. The highest BCUT2D eigenvalue weighted by molar-refractivity contribution is 5.97. The number of likely N-dealkylation sites (tertiary alicyclic amines) is 1. The Balaban J connectivity index is 1.77. The Morgan fingerprint density at radius 2 is 1.65 bits per heavy atom. The van der Waals surface area contributed by atoms with E-state index in [4.69, 9.17) is 5.11 Å². The number of rotatable bonds is 2. The van der Waals surface area contributed by atoms with E-state index >= 15 is 0 Å². The van der Waals surface area contributed by atoms with Gasteiger partial charge in [0.25, 0.3) is 5.91 Å². The highest BCUT2D eigenvalue weighted by Gasteiger charge is 2.35. The molecular weight excluding hydrogens is 254 g/mol. The fraction of sp³-hybridized carbons (Fsp3) is 0.375. The molecule has 3 rings (SSSR count). The van der Waals surface area contributed by atoms with E-state index in [-0.39, 0.29) is 11.5 Å². The second-order valence-electron chi connectivity index (χ2n) is 5.56. The van der Waals surface area contributed by atoms with Crippen LogP contribution in [0, 0.1) is 11.8 Å². The summed E-state index contributed by atoms with van der Waals surface area (Å²) >= 11 is 0. The number of nitrogens with zero attached hydrogens (tertiary/aromatic N) is 1. The van der Waals surface area contributed by atoms with Gasteiger partial charge >= 0.3 is 5.97 Å². The SMILES string of the molecule is O=C(O)c1cccc(C(=O)N2CC3CC=CCC3C2)c1. The number of carboxylic acids is 1. The molecule has 0 radical (unpaired) electrons. The van der Waals surface area contributed by atoms with Gasteiger partial charge in [-0.3, -0.25) is 4.79 Å². The van der Waals surface area contributed by atoms with Crippen LogP contribution in [0.5, 0.6) is 0 Å². The van der Waals surface area contributed by atoms with E-state index in [2.05, 4.69) is 12.2 Å². The van der Waals surface area contributed by atoms with Gasteiger partial charge in [0.1, 0.15) is 0 Å². The summed E-state index contributed by atoms with van der Waals surface area (Å²) in [5.74, 6) is 0.0691. The van der Waals surface area contributed by atoms with Gasteiger partial charge in [0, 0.05) is 18.7 Å². The van der Waals surface area contributed by atoms with Crippen LogP contribution in [0.3, 0.4) is 0 Å². The van der Waals surface area contributed by atoms with Crippen molar-refractivity contribution in [3.8, 4) is 0 Å². The van der Waals surface area contributed by atoms with Gasteiger partial charge in [-0.25, -0.2) is 4.79 Å². The number of allylic oxidation sites excluding steroid dienone is 2. The summed E-state index contributed by atoms with van der Waals surface area (Å²) in [6.07, 6.45) is 6.48. The molecule has 0 saturated carbocycles. The van der Waals surface area contributed by atoms with Gasteiger partial charge in [-0.05, 0) is 42.9 Å². The van der Waals surface area contributed by atoms with Gasteiger partial charge in [0.05, 0.1) is 5.56 Å². The van der Waals surface area contributed by atoms with Gasteiger partial charge < -0.3 is 10.0 Å². The van der Waals surface area contributed by atoms with Crippen molar-refractivity contribution < 1.29 is 14.7 Å².